The molecule has 0 fully saturated rings. The first-order chi connectivity index (χ1) is 9.74. The SMILES string of the molecule is Cc1oc(C)c(S(=O)(=O)NCc2ccnn2C)c1C(=O)O. The normalized spacial score (nSPS) is 11.8. The van der Waals surface area contributed by atoms with Gasteiger partial charge in [-0.1, -0.05) is 0 Å². The average Bonchev–Trinajstić information content (AvgIpc) is 2.90. The van der Waals surface area contributed by atoms with E-state index in [0.717, 1.165) is 0 Å². The van der Waals surface area contributed by atoms with Crippen molar-refractivity contribution in [2.45, 2.75) is 25.3 Å². The van der Waals surface area contributed by atoms with Crippen LogP contribution in [0, 0.1) is 13.8 Å². The maximum Gasteiger partial charge on any atom is 0.340 e. The first-order valence-corrected chi connectivity index (χ1v) is 7.52. The minimum absolute atomic E-state index is 0.00155. The second-order valence-corrected chi connectivity index (χ2v) is 6.20. The fourth-order valence-corrected chi connectivity index (χ4v) is 3.45. The highest BCUT2D eigenvalue weighted by Crippen LogP contribution is 2.26. The van der Waals surface area contributed by atoms with Crippen LogP contribution in [-0.2, 0) is 23.6 Å². The Balaban J connectivity index is 2.36. The third-order valence-electron chi connectivity index (χ3n) is 3.05. The summed E-state index contributed by atoms with van der Waals surface area (Å²) in [6.07, 6.45) is 1.54. The number of nitrogens with zero attached hydrogens (tertiary/aromatic N) is 2. The molecule has 0 aliphatic carbocycles. The first-order valence-electron chi connectivity index (χ1n) is 6.04. The van der Waals surface area contributed by atoms with Gasteiger partial charge < -0.3 is 9.52 Å². The van der Waals surface area contributed by atoms with E-state index in [1.165, 1.54) is 18.5 Å². The second-order valence-electron chi connectivity index (χ2n) is 4.49. The monoisotopic (exact) mass is 313 g/mol. The van der Waals surface area contributed by atoms with Gasteiger partial charge in [0.25, 0.3) is 0 Å². The fraction of sp³-hybridized carbons (Fsp3) is 0.333. The Bertz CT molecular complexity index is 788. The minimum atomic E-state index is -4.00. The van der Waals surface area contributed by atoms with E-state index >= 15 is 0 Å². The predicted molar refractivity (Wildman–Crippen MR) is 72.4 cm³/mol. The molecule has 9 heteroatoms. The van der Waals surface area contributed by atoms with Gasteiger partial charge in [-0.3, -0.25) is 4.68 Å². The van der Waals surface area contributed by atoms with Crippen molar-refractivity contribution in [2.75, 3.05) is 0 Å². The summed E-state index contributed by atoms with van der Waals surface area (Å²) in [7, 11) is -2.32. The lowest BCUT2D eigenvalue weighted by atomic mass is 10.2. The maximum atomic E-state index is 12.3. The number of carboxylic acid groups (broad SMARTS) is 1. The van der Waals surface area contributed by atoms with Gasteiger partial charge in [0.1, 0.15) is 22.0 Å². The minimum Gasteiger partial charge on any atom is -0.478 e. The standard InChI is InChI=1S/C12H15N3O5S/c1-7-10(12(16)17)11(8(2)20-7)21(18,19)14-6-9-4-5-13-15(9)3/h4-5,14H,6H2,1-3H3,(H,16,17). The van der Waals surface area contributed by atoms with Crippen LogP contribution in [0.5, 0.6) is 0 Å². The quantitative estimate of drug-likeness (QED) is 0.844. The third-order valence-corrected chi connectivity index (χ3v) is 4.61. The Hall–Kier alpha value is -2.13. The van der Waals surface area contributed by atoms with Crippen LogP contribution < -0.4 is 4.72 Å². The zero-order chi connectivity index (χ0) is 15.8. The number of hydrogen-bond acceptors (Lipinski definition) is 5. The Morgan fingerprint density at radius 3 is 2.62 bits per heavy atom. The zero-order valence-electron chi connectivity index (χ0n) is 11.7. The maximum absolute atomic E-state index is 12.3. The van der Waals surface area contributed by atoms with Crippen molar-refractivity contribution in [2.24, 2.45) is 7.05 Å². The summed E-state index contributed by atoms with van der Waals surface area (Å²) >= 11 is 0. The highest BCUT2D eigenvalue weighted by molar-refractivity contribution is 7.89. The molecule has 21 heavy (non-hydrogen) atoms. The molecule has 2 heterocycles. The molecule has 0 radical (unpaired) electrons. The average molecular weight is 313 g/mol. The highest BCUT2D eigenvalue weighted by Gasteiger charge is 2.30. The van der Waals surface area contributed by atoms with E-state index in [-0.39, 0.29) is 28.5 Å². The number of nitrogens with one attached hydrogen (secondary N) is 1. The molecular formula is C12H15N3O5S. The van der Waals surface area contributed by atoms with Gasteiger partial charge >= 0.3 is 5.97 Å². The Kier molecular flexibility index (Phi) is 3.88. The number of aryl methyl sites for hydroxylation is 3. The largest absolute Gasteiger partial charge is 0.478 e. The molecule has 2 aromatic rings. The van der Waals surface area contributed by atoms with E-state index in [2.05, 4.69) is 9.82 Å². The van der Waals surface area contributed by atoms with Crippen LogP contribution in [0.1, 0.15) is 27.6 Å². The van der Waals surface area contributed by atoms with Gasteiger partial charge in [-0.15, -0.1) is 0 Å². The molecule has 0 atom stereocenters. The van der Waals surface area contributed by atoms with Crippen LogP contribution in [0.2, 0.25) is 0 Å². The molecule has 0 unspecified atom stereocenters. The lowest BCUT2D eigenvalue weighted by molar-refractivity contribution is 0.0691. The fourth-order valence-electron chi connectivity index (χ4n) is 2.05. The van der Waals surface area contributed by atoms with E-state index in [1.54, 1.807) is 19.3 Å². The zero-order valence-corrected chi connectivity index (χ0v) is 12.6. The number of furan rings is 1. The molecule has 0 aromatic carbocycles. The van der Waals surface area contributed by atoms with Crippen molar-refractivity contribution >= 4 is 16.0 Å². The van der Waals surface area contributed by atoms with Gasteiger partial charge in [-0.25, -0.2) is 17.9 Å². The number of carbonyl (C=O) groups is 1. The van der Waals surface area contributed by atoms with Crippen molar-refractivity contribution in [3.8, 4) is 0 Å². The molecule has 0 spiro atoms. The van der Waals surface area contributed by atoms with E-state index < -0.39 is 16.0 Å². The van der Waals surface area contributed by atoms with Crippen LogP contribution in [0.4, 0.5) is 0 Å². The number of aromatic carboxylic acids is 1. The van der Waals surface area contributed by atoms with E-state index in [1.807, 2.05) is 0 Å². The molecule has 2 aromatic heterocycles. The molecule has 2 rings (SSSR count). The predicted octanol–water partition coefficient (Wildman–Crippen LogP) is 0.807. The highest BCUT2D eigenvalue weighted by atomic mass is 32.2. The number of hydrogen-bond donors (Lipinski definition) is 2. The van der Waals surface area contributed by atoms with E-state index in [0.29, 0.717) is 5.69 Å². The molecule has 0 bridgehead atoms. The molecule has 0 aliphatic rings. The summed E-state index contributed by atoms with van der Waals surface area (Å²) < 4.78 is 33.7. The summed E-state index contributed by atoms with van der Waals surface area (Å²) in [5, 5.41) is 13.1. The topological polar surface area (TPSA) is 114 Å². The number of rotatable bonds is 5. The van der Waals surface area contributed by atoms with Crippen molar-refractivity contribution in [3.63, 3.8) is 0 Å². The lowest BCUT2D eigenvalue weighted by Gasteiger charge is -2.07. The van der Waals surface area contributed by atoms with Gasteiger partial charge in [0, 0.05) is 13.2 Å². The summed E-state index contributed by atoms with van der Waals surface area (Å²) in [5.41, 5.74) is 0.304. The van der Waals surface area contributed by atoms with Crippen molar-refractivity contribution < 1.29 is 22.7 Å². The summed E-state index contributed by atoms with van der Waals surface area (Å²) in [6, 6.07) is 1.66. The van der Waals surface area contributed by atoms with Crippen molar-refractivity contribution in [1.82, 2.24) is 14.5 Å². The second kappa shape index (κ2) is 5.34. The molecule has 0 saturated carbocycles. The first kappa shape index (κ1) is 15.3. The van der Waals surface area contributed by atoms with E-state index in [4.69, 9.17) is 9.52 Å². The van der Waals surface area contributed by atoms with Crippen LogP contribution >= 0.6 is 0 Å². The van der Waals surface area contributed by atoms with Gasteiger partial charge in [0.2, 0.25) is 10.0 Å². The van der Waals surface area contributed by atoms with Gasteiger partial charge in [-0.05, 0) is 19.9 Å². The molecule has 114 valence electrons. The summed E-state index contributed by atoms with van der Waals surface area (Å²) in [5.74, 6) is -1.24. The van der Waals surface area contributed by atoms with Crippen molar-refractivity contribution in [1.29, 1.82) is 0 Å². The van der Waals surface area contributed by atoms with Gasteiger partial charge in [0.05, 0.1) is 12.2 Å². The summed E-state index contributed by atoms with van der Waals surface area (Å²) in [6.45, 7) is 2.83. The Morgan fingerprint density at radius 2 is 2.10 bits per heavy atom. The van der Waals surface area contributed by atoms with Crippen LogP contribution in [0.3, 0.4) is 0 Å². The molecule has 0 amide bonds. The summed E-state index contributed by atoms with van der Waals surface area (Å²) in [4.78, 5) is 10.9. The molecule has 8 nitrogen and oxygen atoms in total. The number of aromatic nitrogens is 2. The van der Waals surface area contributed by atoms with Crippen LogP contribution in [-0.4, -0.2) is 29.3 Å². The number of carboxylic acids is 1. The number of sulfonamides is 1. The lowest BCUT2D eigenvalue weighted by Crippen LogP contribution is -2.26. The van der Waals surface area contributed by atoms with Crippen molar-refractivity contribution in [3.05, 3.63) is 35.0 Å². The third kappa shape index (κ3) is 2.83. The molecule has 2 N–H and O–H groups in total. The van der Waals surface area contributed by atoms with E-state index in [9.17, 15) is 13.2 Å². The molecule has 0 aliphatic heterocycles. The Labute approximate surface area is 121 Å². The van der Waals surface area contributed by atoms with Crippen LogP contribution in [0.15, 0.2) is 21.6 Å². The molecule has 0 saturated heterocycles. The Morgan fingerprint density at radius 1 is 1.43 bits per heavy atom. The van der Waals surface area contributed by atoms with Gasteiger partial charge in [-0.2, -0.15) is 5.10 Å². The molecular weight excluding hydrogens is 298 g/mol. The van der Waals surface area contributed by atoms with Crippen LogP contribution in [0.25, 0.3) is 0 Å². The van der Waals surface area contributed by atoms with Gasteiger partial charge in [0.15, 0.2) is 0 Å². The smallest absolute Gasteiger partial charge is 0.340 e.